The third-order valence-corrected chi connectivity index (χ3v) is 6.71. The molecule has 1 aliphatic rings. The van der Waals surface area contributed by atoms with Gasteiger partial charge in [0, 0.05) is 24.4 Å². The molecular formula is C22H24N2O3S. The van der Waals surface area contributed by atoms with E-state index in [1.165, 1.54) is 5.56 Å². The summed E-state index contributed by atoms with van der Waals surface area (Å²) >= 11 is 0. The van der Waals surface area contributed by atoms with Crippen molar-refractivity contribution < 1.29 is 13.2 Å². The van der Waals surface area contributed by atoms with Gasteiger partial charge in [0.05, 0.1) is 11.5 Å². The molecule has 6 heteroatoms. The molecule has 1 unspecified atom stereocenters. The third-order valence-electron chi connectivity index (χ3n) is 5.23. The highest BCUT2D eigenvalue weighted by Gasteiger charge is 2.23. The van der Waals surface area contributed by atoms with Crippen molar-refractivity contribution in [2.45, 2.75) is 17.4 Å². The number of sulfonamides is 1. The molecule has 0 spiro atoms. The average Bonchev–Trinajstić information content (AvgIpc) is 3.15. The molecule has 1 heterocycles. The molecule has 0 amide bonds. The zero-order chi connectivity index (χ0) is 19.7. The molecule has 1 atom stereocenters. The predicted octanol–water partition coefficient (Wildman–Crippen LogP) is 3.36. The average molecular weight is 397 g/mol. The van der Waals surface area contributed by atoms with Crippen molar-refractivity contribution in [1.29, 1.82) is 0 Å². The van der Waals surface area contributed by atoms with Crippen LogP contribution < -0.4 is 9.46 Å². The maximum atomic E-state index is 13.0. The smallest absolute Gasteiger partial charge is 0.241 e. The topological polar surface area (TPSA) is 58.6 Å². The van der Waals surface area contributed by atoms with E-state index in [2.05, 4.69) is 10.8 Å². The zero-order valence-corrected chi connectivity index (χ0v) is 16.9. The summed E-state index contributed by atoms with van der Waals surface area (Å²) in [4.78, 5) is 2.34. The van der Waals surface area contributed by atoms with E-state index in [-0.39, 0.29) is 12.6 Å². The molecule has 0 saturated heterocycles. The van der Waals surface area contributed by atoms with Gasteiger partial charge in [0.15, 0.2) is 0 Å². The SMILES string of the molecule is CN(C)C(CNS(=O)(=O)c1cccc2ccccc12)c1ccc2c(c1)CCO2. The number of benzene rings is 3. The monoisotopic (exact) mass is 396 g/mol. The predicted molar refractivity (Wildman–Crippen MR) is 111 cm³/mol. The standard InChI is InChI=1S/C22H24N2O3S/c1-24(2)20(17-10-11-21-18(14-17)12-13-27-21)15-23-28(25,26)22-9-5-7-16-6-3-4-8-19(16)22/h3-11,14,20,23H,12-13,15H2,1-2H3. The van der Waals surface area contributed by atoms with Crippen LogP contribution >= 0.6 is 0 Å². The minimum Gasteiger partial charge on any atom is -0.493 e. The van der Waals surface area contributed by atoms with Crippen LogP contribution in [0.3, 0.4) is 0 Å². The van der Waals surface area contributed by atoms with Crippen molar-refractivity contribution in [2.24, 2.45) is 0 Å². The second kappa shape index (κ2) is 7.54. The number of fused-ring (bicyclic) bond motifs is 2. The van der Waals surface area contributed by atoms with Gasteiger partial charge < -0.3 is 9.64 Å². The van der Waals surface area contributed by atoms with E-state index in [1.807, 2.05) is 61.5 Å². The molecule has 3 aromatic rings. The van der Waals surface area contributed by atoms with Gasteiger partial charge in [-0.05, 0) is 42.7 Å². The van der Waals surface area contributed by atoms with E-state index in [9.17, 15) is 8.42 Å². The highest BCUT2D eigenvalue weighted by atomic mass is 32.2. The number of hydrogen-bond donors (Lipinski definition) is 1. The molecule has 0 radical (unpaired) electrons. The molecule has 5 nitrogen and oxygen atoms in total. The maximum absolute atomic E-state index is 13.0. The lowest BCUT2D eigenvalue weighted by Gasteiger charge is -2.25. The normalized spacial score (nSPS) is 14.8. The van der Waals surface area contributed by atoms with Crippen molar-refractivity contribution in [3.8, 4) is 5.75 Å². The van der Waals surface area contributed by atoms with Crippen molar-refractivity contribution in [3.63, 3.8) is 0 Å². The molecule has 146 valence electrons. The number of hydrogen-bond acceptors (Lipinski definition) is 4. The Morgan fingerprint density at radius 3 is 2.68 bits per heavy atom. The number of nitrogens with zero attached hydrogens (tertiary/aromatic N) is 1. The van der Waals surface area contributed by atoms with Crippen LogP contribution in [-0.2, 0) is 16.4 Å². The van der Waals surface area contributed by atoms with Crippen LogP contribution in [0.4, 0.5) is 0 Å². The largest absolute Gasteiger partial charge is 0.493 e. The van der Waals surface area contributed by atoms with Gasteiger partial charge in [0.25, 0.3) is 0 Å². The van der Waals surface area contributed by atoms with Gasteiger partial charge in [-0.25, -0.2) is 13.1 Å². The Hall–Kier alpha value is -2.41. The van der Waals surface area contributed by atoms with E-state index in [1.54, 1.807) is 12.1 Å². The van der Waals surface area contributed by atoms with Gasteiger partial charge in [-0.15, -0.1) is 0 Å². The van der Waals surface area contributed by atoms with Crippen molar-refractivity contribution in [3.05, 3.63) is 71.8 Å². The number of ether oxygens (including phenoxy) is 1. The zero-order valence-electron chi connectivity index (χ0n) is 16.1. The maximum Gasteiger partial charge on any atom is 0.241 e. The molecule has 4 rings (SSSR count). The first-order chi connectivity index (χ1) is 13.5. The fraction of sp³-hybridized carbons (Fsp3) is 0.273. The van der Waals surface area contributed by atoms with Crippen LogP contribution in [0.5, 0.6) is 5.75 Å². The third kappa shape index (κ3) is 3.63. The van der Waals surface area contributed by atoms with Gasteiger partial charge in [0.2, 0.25) is 10.0 Å². The molecular weight excluding hydrogens is 372 g/mol. The first kappa shape index (κ1) is 18.9. The Kier molecular flexibility index (Phi) is 5.10. The summed E-state index contributed by atoms with van der Waals surface area (Å²) < 4.78 is 34.5. The molecule has 0 aliphatic carbocycles. The van der Waals surface area contributed by atoms with Gasteiger partial charge in [-0.2, -0.15) is 0 Å². The molecule has 0 saturated carbocycles. The first-order valence-electron chi connectivity index (χ1n) is 9.35. The van der Waals surface area contributed by atoms with E-state index in [0.29, 0.717) is 11.5 Å². The first-order valence-corrected chi connectivity index (χ1v) is 10.8. The van der Waals surface area contributed by atoms with E-state index >= 15 is 0 Å². The Morgan fingerprint density at radius 2 is 1.86 bits per heavy atom. The second-order valence-corrected chi connectivity index (χ2v) is 9.01. The minimum atomic E-state index is -3.64. The lowest BCUT2D eigenvalue weighted by Crippen LogP contribution is -2.34. The summed E-state index contributed by atoms with van der Waals surface area (Å²) in [6, 6.07) is 18.9. The fourth-order valence-electron chi connectivity index (χ4n) is 3.71. The van der Waals surface area contributed by atoms with Crippen molar-refractivity contribution >= 4 is 20.8 Å². The Morgan fingerprint density at radius 1 is 1.07 bits per heavy atom. The van der Waals surface area contributed by atoms with E-state index < -0.39 is 10.0 Å². The van der Waals surface area contributed by atoms with E-state index in [0.717, 1.165) is 28.5 Å². The highest BCUT2D eigenvalue weighted by Crippen LogP contribution is 2.30. The highest BCUT2D eigenvalue weighted by molar-refractivity contribution is 7.89. The van der Waals surface area contributed by atoms with Gasteiger partial charge in [0.1, 0.15) is 5.75 Å². The molecule has 0 bridgehead atoms. The quantitative estimate of drug-likeness (QED) is 0.694. The molecule has 28 heavy (non-hydrogen) atoms. The molecule has 3 aromatic carbocycles. The van der Waals surface area contributed by atoms with Crippen LogP contribution in [0.2, 0.25) is 0 Å². The summed E-state index contributed by atoms with van der Waals surface area (Å²) in [5.74, 6) is 0.928. The van der Waals surface area contributed by atoms with Crippen LogP contribution in [0.1, 0.15) is 17.2 Å². The van der Waals surface area contributed by atoms with Gasteiger partial charge in [-0.1, -0.05) is 48.5 Å². The lowest BCUT2D eigenvalue weighted by atomic mass is 10.0. The Labute approximate surface area is 166 Å². The molecule has 1 N–H and O–H groups in total. The van der Waals surface area contributed by atoms with E-state index in [4.69, 9.17) is 4.74 Å². The van der Waals surface area contributed by atoms with Crippen LogP contribution in [0.25, 0.3) is 10.8 Å². The van der Waals surface area contributed by atoms with Crippen molar-refractivity contribution in [2.75, 3.05) is 27.2 Å². The summed E-state index contributed by atoms with van der Waals surface area (Å²) in [5.41, 5.74) is 2.26. The second-order valence-electron chi connectivity index (χ2n) is 7.27. The van der Waals surface area contributed by atoms with Crippen molar-refractivity contribution in [1.82, 2.24) is 9.62 Å². The van der Waals surface area contributed by atoms with Gasteiger partial charge in [-0.3, -0.25) is 0 Å². The van der Waals surface area contributed by atoms with Gasteiger partial charge >= 0.3 is 0 Å². The molecule has 1 aliphatic heterocycles. The van der Waals surface area contributed by atoms with Crippen LogP contribution in [0.15, 0.2) is 65.6 Å². The Balaban J connectivity index is 1.60. The lowest BCUT2D eigenvalue weighted by molar-refractivity contribution is 0.299. The Bertz CT molecular complexity index is 1100. The fourth-order valence-corrected chi connectivity index (χ4v) is 4.97. The summed E-state index contributed by atoms with van der Waals surface area (Å²) in [6.45, 7) is 0.997. The van der Waals surface area contributed by atoms with Crippen LogP contribution in [0, 0.1) is 0 Å². The number of nitrogens with one attached hydrogen (secondary N) is 1. The summed E-state index contributed by atoms with van der Waals surface area (Å²) in [6.07, 6.45) is 0.894. The number of likely N-dealkylation sites (N-methyl/N-ethyl adjacent to an activating group) is 1. The minimum absolute atomic E-state index is 0.0735. The van der Waals surface area contributed by atoms with Crippen LogP contribution in [-0.4, -0.2) is 40.6 Å². The summed E-state index contributed by atoms with van der Waals surface area (Å²) in [5, 5.41) is 1.64. The molecule has 0 fully saturated rings. The summed E-state index contributed by atoms with van der Waals surface area (Å²) in [7, 11) is 0.282. The number of rotatable bonds is 6. The molecule has 0 aromatic heterocycles.